The molecule has 0 bridgehead atoms. The number of hydrogen-bond donors (Lipinski definition) is 0. The summed E-state index contributed by atoms with van der Waals surface area (Å²) < 4.78 is 0. The molecule has 0 unspecified atom stereocenters. The van der Waals surface area contributed by atoms with E-state index >= 15 is 0 Å². The van der Waals surface area contributed by atoms with Crippen molar-refractivity contribution in [3.8, 4) is 0 Å². The molecule has 0 atom stereocenters. The fourth-order valence-electron chi connectivity index (χ4n) is 1.41. The first-order valence-electron chi connectivity index (χ1n) is 6.72. The van der Waals surface area contributed by atoms with Crippen molar-refractivity contribution in [1.29, 1.82) is 0 Å². The van der Waals surface area contributed by atoms with Crippen LogP contribution in [0.2, 0.25) is 0 Å². The third kappa shape index (κ3) is 9.28. The second-order valence-corrected chi connectivity index (χ2v) is 5.05. The maximum absolute atomic E-state index is 10.7. The molecule has 0 saturated heterocycles. The van der Waals surface area contributed by atoms with Gasteiger partial charge in [-0.05, 0) is 26.6 Å². The minimum atomic E-state index is 0.127. The summed E-state index contributed by atoms with van der Waals surface area (Å²) in [6.07, 6.45) is 1.85. The van der Waals surface area contributed by atoms with Crippen LogP contribution in [0.25, 0.3) is 0 Å². The van der Waals surface area contributed by atoms with Crippen LogP contribution in [0.3, 0.4) is 0 Å². The fourth-order valence-corrected chi connectivity index (χ4v) is 1.41. The lowest BCUT2D eigenvalue weighted by molar-refractivity contribution is -0.127. The molecule has 4 heteroatoms. The van der Waals surface area contributed by atoms with E-state index in [0.717, 1.165) is 13.1 Å². The van der Waals surface area contributed by atoms with E-state index in [4.69, 9.17) is 0 Å². The van der Waals surface area contributed by atoms with Gasteiger partial charge in [-0.1, -0.05) is 29.8 Å². The van der Waals surface area contributed by atoms with Crippen LogP contribution in [0.1, 0.15) is 18.1 Å². The van der Waals surface area contributed by atoms with Gasteiger partial charge in [0, 0.05) is 40.3 Å². The molecule has 0 aliphatic rings. The molecule has 0 N–H and O–H groups in total. The first-order valence-corrected chi connectivity index (χ1v) is 6.72. The summed E-state index contributed by atoms with van der Waals surface area (Å²) in [4.78, 5) is 18.3. The van der Waals surface area contributed by atoms with Gasteiger partial charge in [-0.2, -0.15) is 0 Å². The van der Waals surface area contributed by atoms with Gasteiger partial charge in [0.1, 0.15) is 0 Å². The summed E-state index contributed by atoms with van der Waals surface area (Å²) in [7, 11) is 7.58. The van der Waals surface area contributed by atoms with E-state index in [1.54, 1.807) is 18.9 Å². The Bertz CT molecular complexity index is 427. The quantitative estimate of drug-likeness (QED) is 0.790. The highest BCUT2D eigenvalue weighted by Gasteiger charge is 2.00. The number of aliphatic imine (C=N–C) groups is 1. The number of nitrogens with zero attached hydrogens (tertiary/aromatic N) is 3. The Kier molecular flexibility index (Phi) is 9.30. The number of carbonyl (C=O) groups excluding carboxylic acids is 1. The molecule has 20 heavy (non-hydrogen) atoms. The summed E-state index contributed by atoms with van der Waals surface area (Å²) >= 11 is 0. The summed E-state index contributed by atoms with van der Waals surface area (Å²) in [6, 6.07) is 8.26. The smallest absolute Gasteiger partial charge is 0.219 e. The summed E-state index contributed by atoms with van der Waals surface area (Å²) in [5.74, 6) is 0.127. The summed E-state index contributed by atoms with van der Waals surface area (Å²) in [6.45, 7) is 5.39. The average molecular weight is 277 g/mol. The van der Waals surface area contributed by atoms with Gasteiger partial charge in [0.15, 0.2) is 0 Å². The SMILES string of the molecule is CC(=O)N(C)CCN(C)C.CN=Cc1cccc(C)c1. The van der Waals surface area contributed by atoms with Crippen LogP contribution in [0, 0.1) is 6.92 Å². The molecule has 1 aromatic rings. The molecule has 0 aliphatic carbocycles. The zero-order chi connectivity index (χ0) is 15.5. The third-order valence-electron chi connectivity index (χ3n) is 2.74. The van der Waals surface area contributed by atoms with Gasteiger partial charge in [-0.15, -0.1) is 0 Å². The minimum Gasteiger partial charge on any atom is -0.345 e. The predicted octanol–water partition coefficient (Wildman–Crippen LogP) is 2.07. The summed E-state index contributed by atoms with van der Waals surface area (Å²) in [5, 5.41) is 0. The van der Waals surface area contributed by atoms with Crippen molar-refractivity contribution >= 4 is 12.1 Å². The van der Waals surface area contributed by atoms with Crippen molar-refractivity contribution in [2.24, 2.45) is 4.99 Å². The van der Waals surface area contributed by atoms with Gasteiger partial charge in [-0.3, -0.25) is 9.79 Å². The van der Waals surface area contributed by atoms with Gasteiger partial charge < -0.3 is 9.80 Å². The van der Waals surface area contributed by atoms with E-state index in [2.05, 4.69) is 28.9 Å². The van der Waals surface area contributed by atoms with Crippen molar-refractivity contribution in [2.75, 3.05) is 41.3 Å². The molecule has 112 valence electrons. The van der Waals surface area contributed by atoms with E-state index in [0.29, 0.717) is 0 Å². The largest absolute Gasteiger partial charge is 0.345 e. The molecule has 1 amide bonds. The number of likely N-dealkylation sites (N-methyl/N-ethyl adjacent to an activating group) is 2. The highest BCUT2D eigenvalue weighted by Crippen LogP contribution is 2.00. The van der Waals surface area contributed by atoms with E-state index < -0.39 is 0 Å². The van der Waals surface area contributed by atoms with E-state index in [-0.39, 0.29) is 5.91 Å². The molecule has 0 fully saturated rings. The molecule has 4 nitrogen and oxygen atoms in total. The lowest BCUT2D eigenvalue weighted by Gasteiger charge is -2.17. The number of aryl methyl sites for hydroxylation is 1. The Balaban J connectivity index is 0.000000361. The Labute approximate surface area is 123 Å². The molecule has 0 heterocycles. The Morgan fingerprint density at radius 3 is 2.35 bits per heavy atom. The van der Waals surface area contributed by atoms with Crippen molar-refractivity contribution in [3.05, 3.63) is 35.4 Å². The van der Waals surface area contributed by atoms with Crippen LogP contribution in [0.15, 0.2) is 29.3 Å². The van der Waals surface area contributed by atoms with Crippen LogP contribution in [-0.4, -0.2) is 63.2 Å². The van der Waals surface area contributed by atoms with Crippen LogP contribution in [-0.2, 0) is 4.79 Å². The number of rotatable bonds is 4. The first-order chi connectivity index (χ1) is 9.36. The number of benzene rings is 1. The number of hydrogen-bond acceptors (Lipinski definition) is 3. The fraction of sp³-hybridized carbons (Fsp3) is 0.500. The standard InChI is InChI=1S/C9H11N.C7H16N2O/c1-8-4-3-5-9(6-8)7-10-2;1-7(10)9(4)6-5-8(2)3/h3-7H,1-2H3;5-6H2,1-4H3. The van der Waals surface area contributed by atoms with E-state index in [9.17, 15) is 4.79 Å². The van der Waals surface area contributed by atoms with Crippen molar-refractivity contribution in [3.63, 3.8) is 0 Å². The number of amides is 1. The Hall–Kier alpha value is -1.68. The van der Waals surface area contributed by atoms with Crippen LogP contribution in [0.4, 0.5) is 0 Å². The molecule has 1 aromatic carbocycles. The van der Waals surface area contributed by atoms with Crippen LogP contribution in [0.5, 0.6) is 0 Å². The molecule has 0 saturated carbocycles. The first kappa shape index (κ1) is 18.3. The second kappa shape index (κ2) is 10.1. The predicted molar refractivity (Wildman–Crippen MR) is 86.6 cm³/mol. The molecule has 0 radical (unpaired) electrons. The number of carbonyl (C=O) groups is 1. The third-order valence-corrected chi connectivity index (χ3v) is 2.74. The van der Waals surface area contributed by atoms with Crippen molar-refractivity contribution in [1.82, 2.24) is 9.80 Å². The van der Waals surface area contributed by atoms with Crippen LogP contribution >= 0.6 is 0 Å². The van der Waals surface area contributed by atoms with Gasteiger partial charge in [-0.25, -0.2) is 0 Å². The molecular weight excluding hydrogens is 250 g/mol. The van der Waals surface area contributed by atoms with Gasteiger partial charge >= 0.3 is 0 Å². The molecule has 0 spiro atoms. The minimum absolute atomic E-state index is 0.127. The zero-order valence-corrected chi connectivity index (χ0v) is 13.6. The molecule has 0 aromatic heterocycles. The maximum atomic E-state index is 10.7. The molecule has 0 aliphatic heterocycles. The highest BCUT2D eigenvalue weighted by atomic mass is 16.2. The topological polar surface area (TPSA) is 35.9 Å². The van der Waals surface area contributed by atoms with Gasteiger partial charge in [0.25, 0.3) is 0 Å². The average Bonchev–Trinajstić information content (AvgIpc) is 2.37. The van der Waals surface area contributed by atoms with Crippen molar-refractivity contribution < 1.29 is 4.79 Å². The maximum Gasteiger partial charge on any atom is 0.219 e. The van der Waals surface area contributed by atoms with Crippen molar-refractivity contribution in [2.45, 2.75) is 13.8 Å². The van der Waals surface area contributed by atoms with Gasteiger partial charge in [0.2, 0.25) is 5.91 Å². The van der Waals surface area contributed by atoms with Crippen LogP contribution < -0.4 is 0 Å². The zero-order valence-electron chi connectivity index (χ0n) is 13.6. The lowest BCUT2D eigenvalue weighted by atomic mass is 10.2. The Morgan fingerprint density at radius 2 is 1.90 bits per heavy atom. The molecular formula is C16H27N3O. The van der Waals surface area contributed by atoms with E-state index in [1.807, 2.05) is 39.5 Å². The summed E-state index contributed by atoms with van der Waals surface area (Å²) in [5.41, 5.74) is 2.44. The Morgan fingerprint density at radius 1 is 1.25 bits per heavy atom. The normalized spacial score (nSPS) is 10.3. The molecule has 1 rings (SSSR count). The monoisotopic (exact) mass is 277 g/mol. The highest BCUT2D eigenvalue weighted by molar-refractivity contribution is 5.79. The second-order valence-electron chi connectivity index (χ2n) is 5.05. The van der Waals surface area contributed by atoms with E-state index in [1.165, 1.54) is 11.1 Å². The van der Waals surface area contributed by atoms with Gasteiger partial charge in [0.05, 0.1) is 0 Å². The lowest BCUT2D eigenvalue weighted by Crippen LogP contribution is -2.31.